The molecule has 1 aromatic rings. The SMILES string of the molecule is CNC(=O)CCNC(=O)c1cc(C(F)(F)F)ccc1NN. The Morgan fingerprint density at radius 3 is 2.48 bits per heavy atom. The van der Waals surface area contributed by atoms with Gasteiger partial charge in [-0.25, -0.2) is 0 Å². The molecule has 0 radical (unpaired) electrons. The van der Waals surface area contributed by atoms with Crippen LogP contribution in [0.3, 0.4) is 0 Å². The first-order valence-electron chi connectivity index (χ1n) is 5.96. The summed E-state index contributed by atoms with van der Waals surface area (Å²) in [5.74, 6) is 4.12. The van der Waals surface area contributed by atoms with E-state index in [2.05, 4.69) is 16.1 Å². The number of hydrazine groups is 1. The molecule has 9 heteroatoms. The lowest BCUT2D eigenvalue weighted by Gasteiger charge is -2.13. The smallest absolute Gasteiger partial charge is 0.359 e. The zero-order valence-electron chi connectivity index (χ0n) is 11.2. The predicted molar refractivity (Wildman–Crippen MR) is 70.3 cm³/mol. The first kappa shape index (κ1) is 16.8. The molecular weight excluding hydrogens is 289 g/mol. The van der Waals surface area contributed by atoms with E-state index in [0.29, 0.717) is 6.07 Å². The molecule has 0 aliphatic rings. The summed E-state index contributed by atoms with van der Waals surface area (Å²) in [6, 6.07) is 2.58. The number of carbonyl (C=O) groups excluding carboxylic acids is 2. The molecule has 0 saturated carbocycles. The number of rotatable bonds is 5. The van der Waals surface area contributed by atoms with E-state index in [0.717, 1.165) is 12.1 Å². The van der Waals surface area contributed by atoms with Crippen LogP contribution in [0.1, 0.15) is 22.3 Å². The van der Waals surface area contributed by atoms with Gasteiger partial charge in [0.1, 0.15) is 0 Å². The van der Waals surface area contributed by atoms with E-state index in [4.69, 9.17) is 5.84 Å². The summed E-state index contributed by atoms with van der Waals surface area (Å²) >= 11 is 0. The zero-order chi connectivity index (χ0) is 16.0. The van der Waals surface area contributed by atoms with Crippen molar-refractivity contribution in [1.82, 2.24) is 10.6 Å². The van der Waals surface area contributed by atoms with E-state index in [9.17, 15) is 22.8 Å². The Bertz CT molecular complexity index is 532. The molecule has 1 rings (SSSR count). The van der Waals surface area contributed by atoms with Gasteiger partial charge >= 0.3 is 6.18 Å². The molecule has 0 aromatic heterocycles. The Hall–Kier alpha value is -2.29. The van der Waals surface area contributed by atoms with E-state index in [1.807, 2.05) is 0 Å². The number of nitrogens with two attached hydrogens (primary N) is 1. The molecule has 0 aliphatic heterocycles. The maximum Gasteiger partial charge on any atom is 0.416 e. The predicted octanol–water partition coefficient (Wildman–Crippen LogP) is 0.857. The first-order chi connectivity index (χ1) is 9.79. The van der Waals surface area contributed by atoms with Gasteiger partial charge in [-0.3, -0.25) is 15.4 Å². The number of anilines is 1. The molecule has 0 aliphatic carbocycles. The number of carbonyl (C=O) groups is 2. The number of nitrogen functional groups attached to an aromatic ring is 1. The van der Waals surface area contributed by atoms with E-state index in [1.54, 1.807) is 0 Å². The van der Waals surface area contributed by atoms with Crippen LogP contribution in [-0.4, -0.2) is 25.4 Å². The van der Waals surface area contributed by atoms with Crippen LogP contribution in [0.4, 0.5) is 18.9 Å². The van der Waals surface area contributed by atoms with Crippen LogP contribution in [-0.2, 0) is 11.0 Å². The lowest BCUT2D eigenvalue weighted by molar-refractivity contribution is -0.137. The van der Waals surface area contributed by atoms with Crippen molar-refractivity contribution in [2.45, 2.75) is 12.6 Å². The lowest BCUT2D eigenvalue weighted by atomic mass is 10.1. The highest BCUT2D eigenvalue weighted by Gasteiger charge is 2.31. The highest BCUT2D eigenvalue weighted by Crippen LogP contribution is 2.31. The van der Waals surface area contributed by atoms with Crippen molar-refractivity contribution in [2.24, 2.45) is 5.84 Å². The summed E-state index contributed by atoms with van der Waals surface area (Å²) in [7, 11) is 1.44. The number of hydrogen-bond donors (Lipinski definition) is 4. The van der Waals surface area contributed by atoms with Gasteiger partial charge in [-0.1, -0.05) is 0 Å². The Morgan fingerprint density at radius 1 is 1.29 bits per heavy atom. The molecule has 0 saturated heterocycles. The second-order valence-corrected chi connectivity index (χ2v) is 4.08. The minimum atomic E-state index is -4.57. The van der Waals surface area contributed by atoms with Gasteiger partial charge in [-0.2, -0.15) is 13.2 Å². The molecule has 0 spiro atoms. The standard InChI is InChI=1S/C12H15F3N4O2/c1-17-10(20)4-5-18-11(21)8-6-7(12(13,14)15)2-3-9(8)19-16/h2-3,6,19H,4-5,16H2,1H3,(H,17,20)(H,18,21). The molecule has 6 nitrogen and oxygen atoms in total. The fourth-order valence-electron chi connectivity index (χ4n) is 1.54. The van der Waals surface area contributed by atoms with Gasteiger partial charge in [0.05, 0.1) is 16.8 Å². The number of alkyl halides is 3. The summed E-state index contributed by atoms with van der Waals surface area (Å²) in [5, 5.41) is 4.71. The third-order valence-electron chi connectivity index (χ3n) is 2.66. The van der Waals surface area contributed by atoms with Gasteiger partial charge in [0.2, 0.25) is 5.91 Å². The van der Waals surface area contributed by atoms with Gasteiger partial charge in [0.15, 0.2) is 0 Å². The van der Waals surface area contributed by atoms with Crippen LogP contribution in [0.25, 0.3) is 0 Å². The van der Waals surface area contributed by atoms with Crippen LogP contribution in [0.5, 0.6) is 0 Å². The molecule has 116 valence electrons. The van der Waals surface area contributed by atoms with Crippen LogP contribution in [0.2, 0.25) is 0 Å². The van der Waals surface area contributed by atoms with Gasteiger partial charge in [-0.05, 0) is 18.2 Å². The monoisotopic (exact) mass is 304 g/mol. The lowest BCUT2D eigenvalue weighted by Crippen LogP contribution is -2.30. The summed E-state index contributed by atoms with van der Waals surface area (Å²) in [5.41, 5.74) is 1.01. The van der Waals surface area contributed by atoms with E-state index >= 15 is 0 Å². The topological polar surface area (TPSA) is 96.2 Å². The second-order valence-electron chi connectivity index (χ2n) is 4.08. The quantitative estimate of drug-likeness (QED) is 0.479. The first-order valence-corrected chi connectivity index (χ1v) is 5.96. The molecule has 0 heterocycles. The number of benzene rings is 1. The number of hydrogen-bond acceptors (Lipinski definition) is 4. The van der Waals surface area contributed by atoms with Crippen molar-refractivity contribution in [2.75, 3.05) is 19.0 Å². The molecule has 0 atom stereocenters. The highest BCUT2D eigenvalue weighted by molar-refractivity contribution is 6.00. The summed E-state index contributed by atoms with van der Waals surface area (Å²) < 4.78 is 37.9. The van der Waals surface area contributed by atoms with Crippen molar-refractivity contribution in [3.63, 3.8) is 0 Å². The average Bonchev–Trinajstić information content (AvgIpc) is 2.45. The molecule has 1 aromatic carbocycles. The Labute approximate surface area is 118 Å². The molecular formula is C12H15F3N4O2. The normalized spacial score (nSPS) is 10.9. The largest absolute Gasteiger partial charge is 0.416 e. The number of halogens is 3. The Morgan fingerprint density at radius 2 is 1.95 bits per heavy atom. The van der Waals surface area contributed by atoms with Gasteiger partial charge < -0.3 is 16.1 Å². The molecule has 0 fully saturated rings. The van der Waals surface area contributed by atoms with Crippen LogP contribution >= 0.6 is 0 Å². The maximum absolute atomic E-state index is 12.6. The molecule has 0 bridgehead atoms. The van der Waals surface area contributed by atoms with Crippen LogP contribution in [0.15, 0.2) is 18.2 Å². The van der Waals surface area contributed by atoms with Crippen molar-refractivity contribution in [3.05, 3.63) is 29.3 Å². The highest BCUT2D eigenvalue weighted by atomic mass is 19.4. The van der Waals surface area contributed by atoms with Gasteiger partial charge in [0.25, 0.3) is 5.91 Å². The average molecular weight is 304 g/mol. The van der Waals surface area contributed by atoms with Gasteiger partial charge in [0, 0.05) is 20.0 Å². The van der Waals surface area contributed by atoms with Crippen molar-refractivity contribution >= 4 is 17.5 Å². The second kappa shape index (κ2) is 6.93. The molecule has 0 unspecified atom stereocenters. The van der Waals surface area contributed by atoms with Gasteiger partial charge in [-0.15, -0.1) is 0 Å². The summed E-state index contributed by atoms with van der Waals surface area (Å²) in [4.78, 5) is 22.9. The Kier molecular flexibility index (Phi) is 5.53. The van der Waals surface area contributed by atoms with E-state index < -0.39 is 17.6 Å². The zero-order valence-corrected chi connectivity index (χ0v) is 11.2. The molecule has 5 N–H and O–H groups in total. The maximum atomic E-state index is 12.6. The third kappa shape index (κ3) is 4.63. The van der Waals surface area contributed by atoms with E-state index in [-0.39, 0.29) is 30.1 Å². The molecule has 21 heavy (non-hydrogen) atoms. The van der Waals surface area contributed by atoms with E-state index in [1.165, 1.54) is 7.05 Å². The fourth-order valence-corrected chi connectivity index (χ4v) is 1.54. The minimum absolute atomic E-state index is 0.00123. The fraction of sp³-hybridized carbons (Fsp3) is 0.333. The summed E-state index contributed by atoms with van der Waals surface area (Å²) in [6.45, 7) is -0.00123. The third-order valence-corrected chi connectivity index (χ3v) is 2.66. The minimum Gasteiger partial charge on any atom is -0.359 e. The van der Waals surface area contributed by atoms with Crippen molar-refractivity contribution in [3.8, 4) is 0 Å². The molecule has 2 amide bonds. The van der Waals surface area contributed by atoms with Crippen LogP contribution < -0.4 is 21.9 Å². The number of amides is 2. The Balaban J connectivity index is 2.88. The van der Waals surface area contributed by atoms with Crippen LogP contribution in [0, 0.1) is 0 Å². The summed E-state index contributed by atoms with van der Waals surface area (Å²) in [6.07, 6.45) is -4.54. The van der Waals surface area contributed by atoms with Crippen molar-refractivity contribution < 1.29 is 22.8 Å². The number of nitrogens with one attached hydrogen (secondary N) is 3. The van der Waals surface area contributed by atoms with Crippen molar-refractivity contribution in [1.29, 1.82) is 0 Å².